The van der Waals surface area contributed by atoms with E-state index in [-0.39, 0.29) is 30.2 Å². The van der Waals surface area contributed by atoms with Gasteiger partial charge in [-0.2, -0.15) is 0 Å². The van der Waals surface area contributed by atoms with Crippen molar-refractivity contribution in [2.45, 2.75) is 51.1 Å². The average Bonchev–Trinajstić information content (AvgIpc) is 3.56. The molecule has 0 bridgehead atoms. The van der Waals surface area contributed by atoms with Crippen molar-refractivity contribution in [2.24, 2.45) is 5.73 Å². The molecule has 1 saturated heterocycles. The first kappa shape index (κ1) is 28.4. The van der Waals surface area contributed by atoms with E-state index < -0.39 is 5.76 Å². The Morgan fingerprint density at radius 3 is 2.72 bits per heavy atom. The quantitative estimate of drug-likeness (QED) is 0.241. The Bertz CT molecular complexity index is 1820. The number of carbonyl (C=O) groups excluding carboxylic acids is 2. The molecule has 10 nitrogen and oxygen atoms in total. The van der Waals surface area contributed by atoms with E-state index in [4.69, 9.17) is 15.1 Å². The summed E-state index contributed by atoms with van der Waals surface area (Å²) < 4.78 is 7.28. The van der Waals surface area contributed by atoms with Crippen LogP contribution in [0.4, 0.5) is 0 Å². The third-order valence-corrected chi connectivity index (χ3v) is 8.17. The van der Waals surface area contributed by atoms with Gasteiger partial charge in [0.25, 0.3) is 0 Å². The number of nitrogens with two attached hydrogens (primary N) is 1. The van der Waals surface area contributed by atoms with Gasteiger partial charge in [-0.3, -0.25) is 14.6 Å². The second kappa shape index (κ2) is 12.3. The second-order valence-corrected chi connectivity index (χ2v) is 11.4. The smallest absolute Gasteiger partial charge is 0.408 e. The maximum Gasteiger partial charge on any atom is 0.417 e. The number of hydrogen-bond donors (Lipinski definition) is 3. The molecule has 1 aliphatic rings. The number of nitrogens with zero attached hydrogens (tertiary/aromatic N) is 3. The van der Waals surface area contributed by atoms with Gasteiger partial charge in [0, 0.05) is 51.5 Å². The summed E-state index contributed by atoms with van der Waals surface area (Å²) in [6, 6.07) is 21.4. The molecule has 3 aromatic carbocycles. The molecule has 3 heterocycles. The van der Waals surface area contributed by atoms with Gasteiger partial charge in [-0.1, -0.05) is 42.5 Å². The summed E-state index contributed by atoms with van der Waals surface area (Å²) >= 11 is 0. The molecule has 1 fully saturated rings. The van der Waals surface area contributed by atoms with Crippen molar-refractivity contribution >= 4 is 33.9 Å². The number of fused-ring (bicyclic) bond motifs is 2. The van der Waals surface area contributed by atoms with Crippen LogP contribution in [-0.2, 0) is 22.6 Å². The Morgan fingerprint density at radius 2 is 1.91 bits per heavy atom. The Morgan fingerprint density at radius 1 is 1.12 bits per heavy atom. The van der Waals surface area contributed by atoms with E-state index in [9.17, 15) is 14.4 Å². The normalized spacial score (nSPS) is 16.0. The summed E-state index contributed by atoms with van der Waals surface area (Å²) in [5.41, 5.74) is 12.7. The zero-order valence-corrected chi connectivity index (χ0v) is 24.2. The largest absolute Gasteiger partial charge is 0.417 e. The van der Waals surface area contributed by atoms with E-state index in [2.05, 4.69) is 20.9 Å². The first-order valence-corrected chi connectivity index (χ1v) is 14.8. The van der Waals surface area contributed by atoms with Crippen molar-refractivity contribution in [3.05, 3.63) is 88.7 Å². The van der Waals surface area contributed by atoms with E-state index in [0.717, 1.165) is 52.9 Å². The monoisotopic (exact) mass is 580 g/mol. The van der Waals surface area contributed by atoms with Gasteiger partial charge in [0.15, 0.2) is 5.58 Å². The lowest BCUT2D eigenvalue weighted by atomic mass is 9.95. The highest BCUT2D eigenvalue weighted by Gasteiger charge is 2.29. The molecule has 222 valence electrons. The fraction of sp³-hybridized carbons (Fsp3) is 0.333. The summed E-state index contributed by atoms with van der Waals surface area (Å²) in [6.07, 6.45) is 2.73. The summed E-state index contributed by atoms with van der Waals surface area (Å²) in [5, 5.41) is 2.88. The molecule has 6 rings (SSSR count). The van der Waals surface area contributed by atoms with Crippen LogP contribution in [0, 0.1) is 0 Å². The van der Waals surface area contributed by atoms with Crippen LogP contribution in [0.1, 0.15) is 43.5 Å². The predicted octanol–water partition coefficient (Wildman–Crippen LogP) is 3.94. The van der Waals surface area contributed by atoms with Gasteiger partial charge in [-0.15, -0.1) is 0 Å². The molecule has 2 amide bonds. The fourth-order valence-corrected chi connectivity index (χ4v) is 6.09. The predicted molar refractivity (Wildman–Crippen MR) is 166 cm³/mol. The summed E-state index contributed by atoms with van der Waals surface area (Å²) in [6.45, 7) is 3.99. The first-order valence-electron chi connectivity index (χ1n) is 14.8. The van der Waals surface area contributed by atoms with Gasteiger partial charge in [0.2, 0.25) is 11.8 Å². The van der Waals surface area contributed by atoms with Crippen LogP contribution < -0.4 is 16.8 Å². The highest BCUT2D eigenvalue weighted by molar-refractivity contribution is 5.80. The molecule has 2 unspecified atom stereocenters. The van der Waals surface area contributed by atoms with Crippen molar-refractivity contribution < 1.29 is 14.0 Å². The van der Waals surface area contributed by atoms with Crippen LogP contribution in [-0.4, -0.2) is 56.9 Å². The van der Waals surface area contributed by atoms with Crippen LogP contribution in [0.25, 0.3) is 33.3 Å². The van der Waals surface area contributed by atoms with E-state index in [0.29, 0.717) is 37.2 Å². The number of likely N-dealkylation sites (tertiary alicyclic amines) is 1. The van der Waals surface area contributed by atoms with E-state index in [1.54, 1.807) is 6.07 Å². The average molecular weight is 581 g/mol. The zero-order chi connectivity index (χ0) is 29.9. The third-order valence-electron chi connectivity index (χ3n) is 8.17. The lowest BCUT2D eigenvalue weighted by Crippen LogP contribution is -2.42. The van der Waals surface area contributed by atoms with Crippen LogP contribution in [0.15, 0.2) is 75.9 Å². The summed E-state index contributed by atoms with van der Waals surface area (Å²) in [7, 11) is 0. The Kier molecular flexibility index (Phi) is 8.11. The summed E-state index contributed by atoms with van der Waals surface area (Å²) in [4.78, 5) is 45.9. The number of benzene rings is 3. The molecule has 43 heavy (non-hydrogen) atoms. The number of aromatic nitrogens is 3. The fourth-order valence-electron chi connectivity index (χ4n) is 6.09. The SMILES string of the molecule is CC(=O)NCCn1c(C2CCCN(C(=O)CC(N)Cc3ccc(-c4ccc5oc(=O)[nH]c5c4)cc3)C2)nc2ccccc21. The van der Waals surface area contributed by atoms with E-state index >= 15 is 0 Å². The number of carbonyl (C=O) groups is 2. The van der Waals surface area contributed by atoms with Crippen LogP contribution in [0.5, 0.6) is 0 Å². The zero-order valence-electron chi connectivity index (χ0n) is 24.2. The molecular formula is C33H36N6O4. The topological polar surface area (TPSA) is 139 Å². The summed E-state index contributed by atoms with van der Waals surface area (Å²) in [5.74, 6) is 0.623. The van der Waals surface area contributed by atoms with Gasteiger partial charge in [-0.05, 0) is 60.2 Å². The van der Waals surface area contributed by atoms with Crippen LogP contribution in [0.2, 0.25) is 0 Å². The van der Waals surface area contributed by atoms with E-state index in [1.807, 2.05) is 59.5 Å². The maximum absolute atomic E-state index is 13.4. The minimum atomic E-state index is -0.468. The highest BCUT2D eigenvalue weighted by atomic mass is 16.4. The minimum absolute atomic E-state index is 0.0569. The molecule has 5 aromatic rings. The Balaban J connectivity index is 1.08. The molecule has 4 N–H and O–H groups in total. The standard InChI is InChI=1S/C33H36N6O4/c1-21(40)35-14-16-39-29-7-3-2-6-27(29)36-32(39)25-5-4-15-38(20-25)31(41)19-26(34)17-22-8-10-23(11-9-22)24-12-13-30-28(18-24)37-33(42)43-30/h2-3,6-13,18,25-26H,4-5,14-17,19-20,34H2,1H3,(H,35,40)(H,37,42). The third kappa shape index (κ3) is 6.39. The van der Waals surface area contributed by atoms with Gasteiger partial charge < -0.3 is 24.9 Å². The number of para-hydroxylation sites is 2. The molecule has 0 spiro atoms. The van der Waals surface area contributed by atoms with Gasteiger partial charge in [0.1, 0.15) is 5.82 Å². The number of nitrogens with one attached hydrogen (secondary N) is 2. The molecule has 10 heteroatoms. The minimum Gasteiger partial charge on any atom is -0.408 e. The Hall–Kier alpha value is -4.70. The number of aromatic amines is 1. The number of H-pyrrole nitrogens is 1. The van der Waals surface area contributed by atoms with Crippen molar-refractivity contribution in [3.8, 4) is 11.1 Å². The van der Waals surface area contributed by atoms with Crippen LogP contribution >= 0.6 is 0 Å². The number of oxazole rings is 1. The maximum atomic E-state index is 13.4. The molecule has 0 aliphatic carbocycles. The molecule has 2 atom stereocenters. The highest BCUT2D eigenvalue weighted by Crippen LogP contribution is 2.30. The molecule has 1 aliphatic heterocycles. The van der Waals surface area contributed by atoms with E-state index in [1.165, 1.54) is 6.92 Å². The van der Waals surface area contributed by atoms with Gasteiger partial charge in [0.05, 0.1) is 16.6 Å². The molecule has 0 saturated carbocycles. The lowest BCUT2D eigenvalue weighted by molar-refractivity contribution is -0.132. The number of amides is 2. The number of piperidine rings is 1. The first-order chi connectivity index (χ1) is 20.8. The van der Waals surface area contributed by atoms with Crippen LogP contribution in [0.3, 0.4) is 0 Å². The number of hydrogen-bond acceptors (Lipinski definition) is 6. The van der Waals surface area contributed by atoms with Crippen molar-refractivity contribution in [1.82, 2.24) is 24.8 Å². The van der Waals surface area contributed by atoms with Crippen molar-refractivity contribution in [1.29, 1.82) is 0 Å². The van der Waals surface area contributed by atoms with Crippen molar-refractivity contribution in [3.63, 3.8) is 0 Å². The molecule has 2 aromatic heterocycles. The number of rotatable bonds is 9. The Labute approximate surface area is 248 Å². The van der Waals surface area contributed by atoms with Crippen molar-refractivity contribution in [2.75, 3.05) is 19.6 Å². The number of imidazole rings is 1. The van der Waals surface area contributed by atoms with Gasteiger partial charge >= 0.3 is 5.76 Å². The lowest BCUT2D eigenvalue weighted by Gasteiger charge is -2.33. The molecular weight excluding hydrogens is 544 g/mol. The molecule has 0 radical (unpaired) electrons. The van der Waals surface area contributed by atoms with Gasteiger partial charge in [-0.25, -0.2) is 9.78 Å². The second-order valence-electron chi connectivity index (χ2n) is 11.4.